The molecular weight excluding hydrogens is 322 g/mol. The van der Waals surface area contributed by atoms with Gasteiger partial charge in [-0.05, 0) is 38.2 Å². The van der Waals surface area contributed by atoms with E-state index >= 15 is 0 Å². The topological polar surface area (TPSA) is 51.0 Å². The highest BCUT2D eigenvalue weighted by molar-refractivity contribution is 5.62. The molecule has 0 atom stereocenters. The fraction of sp³-hybridized carbons (Fsp3) is 0.636. The van der Waals surface area contributed by atoms with Crippen LogP contribution in [0.5, 0.6) is 0 Å². The predicted molar refractivity (Wildman–Crippen MR) is 105 cm³/mol. The number of pyridine rings is 1. The minimum Gasteiger partial charge on any atom is -0.444 e. The monoisotopic (exact) mass is 353 g/mol. The second kappa shape index (κ2) is 8.24. The first-order chi connectivity index (χ1) is 12.8. The van der Waals surface area contributed by atoms with Crippen molar-refractivity contribution in [3.63, 3.8) is 0 Å². The Bertz CT molecular complexity index is 712. The van der Waals surface area contributed by atoms with Crippen molar-refractivity contribution >= 4 is 5.69 Å². The molecule has 0 aromatic carbocycles. The standard InChI is InChI=1S/C22H31N3O/c1-16-15-26-22(24-16)18-13-21(25-19-10-6-3-7-11-19)20(23-14-18)12-17-8-4-2-5-9-17/h13-15,17,19,25H,2-12H2,1H3. The van der Waals surface area contributed by atoms with Crippen molar-refractivity contribution in [3.8, 4) is 11.5 Å². The average molecular weight is 354 g/mol. The van der Waals surface area contributed by atoms with Crippen molar-refractivity contribution in [2.45, 2.75) is 83.6 Å². The zero-order chi connectivity index (χ0) is 17.8. The van der Waals surface area contributed by atoms with E-state index in [0.717, 1.165) is 23.6 Å². The number of anilines is 1. The van der Waals surface area contributed by atoms with Crippen LogP contribution in [0.25, 0.3) is 11.5 Å². The molecule has 0 saturated heterocycles. The van der Waals surface area contributed by atoms with Crippen LogP contribution in [0.2, 0.25) is 0 Å². The molecule has 26 heavy (non-hydrogen) atoms. The third-order valence-electron chi connectivity index (χ3n) is 6.01. The summed E-state index contributed by atoms with van der Waals surface area (Å²) >= 11 is 0. The minimum atomic E-state index is 0.581. The van der Waals surface area contributed by atoms with Gasteiger partial charge in [0.2, 0.25) is 5.89 Å². The van der Waals surface area contributed by atoms with Crippen molar-refractivity contribution < 1.29 is 4.42 Å². The second-order valence-electron chi connectivity index (χ2n) is 8.20. The lowest BCUT2D eigenvalue weighted by Crippen LogP contribution is -2.23. The summed E-state index contributed by atoms with van der Waals surface area (Å²) < 4.78 is 5.61. The summed E-state index contributed by atoms with van der Waals surface area (Å²) in [6, 6.07) is 2.79. The summed E-state index contributed by atoms with van der Waals surface area (Å²) in [5.74, 6) is 1.46. The van der Waals surface area contributed by atoms with E-state index in [1.807, 2.05) is 13.1 Å². The normalized spacial score (nSPS) is 19.6. The highest BCUT2D eigenvalue weighted by Gasteiger charge is 2.20. The number of aromatic nitrogens is 2. The lowest BCUT2D eigenvalue weighted by Gasteiger charge is -2.27. The van der Waals surface area contributed by atoms with Gasteiger partial charge in [0.05, 0.1) is 22.6 Å². The van der Waals surface area contributed by atoms with Crippen molar-refractivity contribution in [1.82, 2.24) is 9.97 Å². The van der Waals surface area contributed by atoms with Gasteiger partial charge >= 0.3 is 0 Å². The number of hydrogen-bond donors (Lipinski definition) is 1. The summed E-state index contributed by atoms with van der Waals surface area (Å²) in [7, 11) is 0. The van der Waals surface area contributed by atoms with Gasteiger partial charge in [-0.3, -0.25) is 4.98 Å². The van der Waals surface area contributed by atoms with E-state index in [0.29, 0.717) is 11.9 Å². The summed E-state index contributed by atoms with van der Waals surface area (Å²) in [5.41, 5.74) is 4.32. The molecule has 2 aliphatic carbocycles. The number of aryl methyl sites for hydroxylation is 1. The maximum absolute atomic E-state index is 5.61. The van der Waals surface area contributed by atoms with E-state index in [1.165, 1.54) is 75.6 Å². The molecule has 140 valence electrons. The zero-order valence-corrected chi connectivity index (χ0v) is 16.0. The van der Waals surface area contributed by atoms with Crippen LogP contribution in [0.1, 0.15) is 75.6 Å². The molecule has 2 heterocycles. The molecule has 0 aliphatic heterocycles. The predicted octanol–water partition coefficient (Wildman–Crippen LogP) is 5.91. The molecule has 4 nitrogen and oxygen atoms in total. The lowest BCUT2D eigenvalue weighted by atomic mass is 9.85. The highest BCUT2D eigenvalue weighted by Crippen LogP contribution is 2.32. The van der Waals surface area contributed by atoms with E-state index in [1.54, 1.807) is 6.26 Å². The molecule has 0 bridgehead atoms. The van der Waals surface area contributed by atoms with E-state index in [4.69, 9.17) is 9.40 Å². The number of hydrogen-bond acceptors (Lipinski definition) is 4. The van der Waals surface area contributed by atoms with E-state index in [-0.39, 0.29) is 0 Å². The molecule has 2 aromatic rings. The van der Waals surface area contributed by atoms with Gasteiger partial charge in [0.15, 0.2) is 0 Å². The molecule has 1 N–H and O–H groups in total. The molecule has 0 amide bonds. The van der Waals surface area contributed by atoms with Crippen LogP contribution in [-0.2, 0) is 6.42 Å². The average Bonchev–Trinajstić information content (AvgIpc) is 3.11. The number of oxazole rings is 1. The Kier molecular flexibility index (Phi) is 5.57. The van der Waals surface area contributed by atoms with Gasteiger partial charge in [0.25, 0.3) is 0 Å². The molecule has 0 unspecified atom stereocenters. The molecule has 4 rings (SSSR count). The molecular formula is C22H31N3O. The SMILES string of the molecule is Cc1coc(-c2cnc(CC3CCCCC3)c(NC3CCCCC3)c2)n1. The van der Waals surface area contributed by atoms with Crippen LogP contribution < -0.4 is 5.32 Å². The number of rotatable bonds is 5. The van der Waals surface area contributed by atoms with Gasteiger partial charge < -0.3 is 9.73 Å². The van der Waals surface area contributed by atoms with Crippen molar-refractivity contribution in [2.24, 2.45) is 5.92 Å². The Hall–Kier alpha value is -1.84. The summed E-state index contributed by atoms with van der Waals surface area (Å²) in [6.07, 6.45) is 18.2. The summed E-state index contributed by atoms with van der Waals surface area (Å²) in [4.78, 5) is 9.34. The quantitative estimate of drug-likeness (QED) is 0.725. The maximum Gasteiger partial charge on any atom is 0.227 e. The number of nitrogens with zero attached hydrogens (tertiary/aromatic N) is 2. The summed E-state index contributed by atoms with van der Waals surface area (Å²) in [6.45, 7) is 1.96. The van der Waals surface area contributed by atoms with Crippen LogP contribution in [0, 0.1) is 12.8 Å². The number of nitrogens with one attached hydrogen (secondary N) is 1. The molecule has 0 spiro atoms. The van der Waals surface area contributed by atoms with Gasteiger partial charge in [-0.1, -0.05) is 51.4 Å². The van der Waals surface area contributed by atoms with Crippen LogP contribution in [0.4, 0.5) is 5.69 Å². The Morgan fingerprint density at radius 3 is 2.46 bits per heavy atom. The van der Waals surface area contributed by atoms with Crippen molar-refractivity contribution in [2.75, 3.05) is 5.32 Å². The molecule has 2 aromatic heterocycles. The highest BCUT2D eigenvalue weighted by atomic mass is 16.3. The summed E-state index contributed by atoms with van der Waals surface area (Å²) in [5, 5.41) is 3.82. The van der Waals surface area contributed by atoms with Crippen LogP contribution in [0.3, 0.4) is 0 Å². The van der Waals surface area contributed by atoms with E-state index < -0.39 is 0 Å². The first-order valence-corrected chi connectivity index (χ1v) is 10.5. The first-order valence-electron chi connectivity index (χ1n) is 10.5. The molecule has 2 fully saturated rings. The molecule has 2 aliphatic rings. The van der Waals surface area contributed by atoms with Crippen LogP contribution >= 0.6 is 0 Å². The van der Waals surface area contributed by atoms with Gasteiger partial charge in [0, 0.05) is 12.2 Å². The van der Waals surface area contributed by atoms with Crippen LogP contribution in [-0.4, -0.2) is 16.0 Å². The Morgan fingerprint density at radius 1 is 1.04 bits per heavy atom. The second-order valence-corrected chi connectivity index (χ2v) is 8.20. The minimum absolute atomic E-state index is 0.581. The fourth-order valence-electron chi connectivity index (χ4n) is 4.52. The smallest absolute Gasteiger partial charge is 0.227 e. The van der Waals surface area contributed by atoms with Gasteiger partial charge in [-0.2, -0.15) is 0 Å². The van der Waals surface area contributed by atoms with Crippen molar-refractivity contribution in [1.29, 1.82) is 0 Å². The van der Waals surface area contributed by atoms with E-state index in [9.17, 15) is 0 Å². The largest absolute Gasteiger partial charge is 0.444 e. The maximum atomic E-state index is 5.61. The van der Waals surface area contributed by atoms with Gasteiger partial charge in [-0.25, -0.2) is 4.98 Å². The Morgan fingerprint density at radius 2 is 1.77 bits per heavy atom. The first kappa shape index (κ1) is 17.6. The zero-order valence-electron chi connectivity index (χ0n) is 16.0. The molecule has 2 saturated carbocycles. The molecule has 0 radical (unpaired) electrons. The van der Waals surface area contributed by atoms with Crippen LogP contribution in [0.15, 0.2) is 22.9 Å². The third kappa shape index (κ3) is 4.28. The Labute approximate surface area is 156 Å². The Balaban J connectivity index is 1.58. The van der Waals surface area contributed by atoms with Crippen molar-refractivity contribution in [3.05, 3.63) is 29.9 Å². The fourth-order valence-corrected chi connectivity index (χ4v) is 4.52. The van der Waals surface area contributed by atoms with E-state index in [2.05, 4.69) is 16.4 Å². The lowest BCUT2D eigenvalue weighted by molar-refractivity contribution is 0.354. The molecule has 4 heteroatoms. The van der Waals surface area contributed by atoms with Gasteiger partial charge in [0.1, 0.15) is 6.26 Å². The van der Waals surface area contributed by atoms with Gasteiger partial charge in [-0.15, -0.1) is 0 Å². The third-order valence-corrected chi connectivity index (χ3v) is 6.01.